The molecule has 2 atom stereocenters. The van der Waals surface area contributed by atoms with E-state index in [9.17, 15) is 29.1 Å². The molecule has 1 aromatic heterocycles. The zero-order chi connectivity index (χ0) is 27.7. The summed E-state index contributed by atoms with van der Waals surface area (Å²) in [5, 5.41) is 9.79. The monoisotopic (exact) mass is 526 g/mol. The van der Waals surface area contributed by atoms with Crippen molar-refractivity contribution in [3.05, 3.63) is 83.8 Å². The molecule has 0 aliphatic carbocycles. The van der Waals surface area contributed by atoms with E-state index in [4.69, 9.17) is 23.4 Å². The lowest BCUT2D eigenvalue weighted by Gasteiger charge is -2.23. The van der Waals surface area contributed by atoms with E-state index in [1.54, 1.807) is 12.1 Å². The van der Waals surface area contributed by atoms with Crippen molar-refractivity contribution in [3.8, 4) is 11.5 Å². The van der Waals surface area contributed by atoms with Gasteiger partial charge in [0.25, 0.3) is 5.91 Å². The van der Waals surface area contributed by atoms with Crippen LogP contribution in [-0.2, 0) is 19.1 Å². The number of esters is 2. The predicted octanol–water partition coefficient (Wildman–Crippen LogP) is 1.59. The summed E-state index contributed by atoms with van der Waals surface area (Å²) in [6.07, 6.45) is -3.34. The average molecular weight is 526 g/mol. The van der Waals surface area contributed by atoms with Crippen LogP contribution in [0.2, 0.25) is 0 Å². The third-order valence-electron chi connectivity index (χ3n) is 4.90. The molecule has 1 heterocycles. The predicted molar refractivity (Wildman–Crippen MR) is 126 cm³/mol. The van der Waals surface area contributed by atoms with E-state index >= 15 is 0 Å². The van der Waals surface area contributed by atoms with Gasteiger partial charge in [-0.3, -0.25) is 20.4 Å². The van der Waals surface area contributed by atoms with Crippen LogP contribution in [0.25, 0.3) is 0 Å². The number of carboxylic acids is 1. The second kappa shape index (κ2) is 12.6. The van der Waals surface area contributed by atoms with Gasteiger partial charge in [-0.2, -0.15) is 0 Å². The standard InChI is InChI=1S/C25H22N2O11/c1-34-16-8-3-6-14(12-16)24(32)37-19(22(29)27-26-21(28)18-10-5-11-36-18)20(23(30)31)38-25(33)15-7-4-9-17(13-15)35-2/h3-13,19-20H,1-2H3,(H,26,28)(H,27,29)(H,30,31)/t19-,20-/m0/s1. The van der Waals surface area contributed by atoms with Gasteiger partial charge in [0.15, 0.2) is 5.76 Å². The number of nitrogens with one attached hydrogen (secondary N) is 2. The van der Waals surface area contributed by atoms with Crippen LogP contribution in [0, 0.1) is 0 Å². The lowest BCUT2D eigenvalue weighted by Crippen LogP contribution is -2.54. The average Bonchev–Trinajstić information content (AvgIpc) is 3.48. The van der Waals surface area contributed by atoms with E-state index in [1.807, 2.05) is 10.9 Å². The fraction of sp³-hybridized carbons (Fsp3) is 0.160. The molecular weight excluding hydrogens is 504 g/mol. The third-order valence-corrected chi connectivity index (χ3v) is 4.90. The van der Waals surface area contributed by atoms with E-state index in [1.165, 1.54) is 69.0 Å². The zero-order valence-electron chi connectivity index (χ0n) is 20.0. The van der Waals surface area contributed by atoms with Crippen molar-refractivity contribution < 1.29 is 52.4 Å². The Labute approximate surface area is 215 Å². The molecule has 0 aliphatic rings. The molecule has 0 spiro atoms. The number of hydrogen-bond donors (Lipinski definition) is 3. The Morgan fingerprint density at radius 1 is 0.763 bits per heavy atom. The van der Waals surface area contributed by atoms with E-state index in [0.29, 0.717) is 0 Å². The number of benzene rings is 2. The summed E-state index contributed by atoms with van der Waals surface area (Å²) in [5.74, 6) is -5.90. The summed E-state index contributed by atoms with van der Waals surface area (Å²) in [5.41, 5.74) is 3.75. The number of carbonyl (C=O) groups is 5. The number of furan rings is 1. The first-order valence-electron chi connectivity index (χ1n) is 10.8. The van der Waals surface area contributed by atoms with Crippen molar-refractivity contribution in [1.29, 1.82) is 0 Å². The Kier molecular flexibility index (Phi) is 9.02. The van der Waals surface area contributed by atoms with Gasteiger partial charge in [0.1, 0.15) is 11.5 Å². The highest BCUT2D eigenvalue weighted by atomic mass is 16.6. The van der Waals surface area contributed by atoms with Crippen LogP contribution in [-0.4, -0.2) is 61.3 Å². The molecule has 0 radical (unpaired) electrons. The van der Waals surface area contributed by atoms with Crippen LogP contribution in [0.1, 0.15) is 31.3 Å². The van der Waals surface area contributed by atoms with E-state index < -0.39 is 41.9 Å². The summed E-state index contributed by atoms with van der Waals surface area (Å²) in [6.45, 7) is 0. The fourth-order valence-electron chi connectivity index (χ4n) is 3.02. The van der Waals surface area contributed by atoms with Crippen molar-refractivity contribution in [1.82, 2.24) is 10.9 Å². The van der Waals surface area contributed by atoms with Crippen LogP contribution in [0.5, 0.6) is 11.5 Å². The topological polar surface area (TPSA) is 180 Å². The summed E-state index contributed by atoms with van der Waals surface area (Å²) in [6, 6.07) is 14.0. The highest BCUT2D eigenvalue weighted by Crippen LogP contribution is 2.18. The van der Waals surface area contributed by atoms with Crippen molar-refractivity contribution in [3.63, 3.8) is 0 Å². The quantitative estimate of drug-likeness (QED) is 0.258. The zero-order valence-corrected chi connectivity index (χ0v) is 20.0. The molecule has 13 heteroatoms. The van der Waals surface area contributed by atoms with Gasteiger partial charge in [0.05, 0.1) is 31.6 Å². The van der Waals surface area contributed by atoms with Gasteiger partial charge in [-0.25, -0.2) is 14.4 Å². The van der Waals surface area contributed by atoms with Crippen LogP contribution >= 0.6 is 0 Å². The van der Waals surface area contributed by atoms with E-state index in [0.717, 1.165) is 0 Å². The number of amides is 2. The molecule has 3 rings (SSSR count). The van der Waals surface area contributed by atoms with Gasteiger partial charge in [0.2, 0.25) is 12.2 Å². The molecule has 38 heavy (non-hydrogen) atoms. The SMILES string of the molecule is COc1cccc(C(=O)O[C@H](C(=O)O)[C@H](OC(=O)c2cccc(OC)c2)C(=O)NNC(=O)c2ccco2)c1. The van der Waals surface area contributed by atoms with Gasteiger partial charge in [0, 0.05) is 0 Å². The van der Waals surface area contributed by atoms with Crippen LogP contribution in [0.15, 0.2) is 71.3 Å². The number of rotatable bonds is 10. The van der Waals surface area contributed by atoms with Crippen LogP contribution < -0.4 is 20.3 Å². The normalized spacial score (nSPS) is 11.8. The largest absolute Gasteiger partial charge is 0.497 e. The molecule has 3 N–H and O–H groups in total. The Morgan fingerprint density at radius 3 is 1.79 bits per heavy atom. The molecular formula is C25H22N2O11. The van der Waals surface area contributed by atoms with Gasteiger partial charge < -0.3 is 28.5 Å². The number of hydrogen-bond acceptors (Lipinski definition) is 10. The van der Waals surface area contributed by atoms with Gasteiger partial charge in [-0.1, -0.05) is 12.1 Å². The molecule has 0 aliphatic heterocycles. The molecule has 0 saturated carbocycles. The molecule has 0 fully saturated rings. The molecule has 0 bridgehead atoms. The first-order valence-corrected chi connectivity index (χ1v) is 10.8. The van der Waals surface area contributed by atoms with Gasteiger partial charge in [-0.05, 0) is 48.5 Å². The number of aliphatic carboxylic acids is 1. The fourth-order valence-corrected chi connectivity index (χ4v) is 3.02. The minimum Gasteiger partial charge on any atom is -0.497 e. The highest BCUT2D eigenvalue weighted by Gasteiger charge is 2.41. The molecule has 198 valence electrons. The van der Waals surface area contributed by atoms with Crippen LogP contribution in [0.3, 0.4) is 0 Å². The second-order valence-corrected chi connectivity index (χ2v) is 7.37. The maximum absolute atomic E-state index is 12.9. The number of hydrazine groups is 1. The van der Waals surface area contributed by atoms with Crippen molar-refractivity contribution >= 4 is 29.7 Å². The van der Waals surface area contributed by atoms with Crippen LogP contribution in [0.4, 0.5) is 0 Å². The number of methoxy groups -OCH3 is 2. The number of carboxylic acid groups (broad SMARTS) is 1. The highest BCUT2D eigenvalue weighted by molar-refractivity contribution is 5.98. The summed E-state index contributed by atoms with van der Waals surface area (Å²) in [7, 11) is 2.72. The smallest absolute Gasteiger partial charge is 0.349 e. The second-order valence-electron chi connectivity index (χ2n) is 7.37. The molecule has 13 nitrogen and oxygen atoms in total. The lowest BCUT2D eigenvalue weighted by atomic mass is 10.1. The van der Waals surface area contributed by atoms with Crippen molar-refractivity contribution in [2.45, 2.75) is 12.2 Å². The van der Waals surface area contributed by atoms with Crippen molar-refractivity contribution in [2.75, 3.05) is 14.2 Å². The summed E-state index contributed by atoms with van der Waals surface area (Å²) >= 11 is 0. The summed E-state index contributed by atoms with van der Waals surface area (Å²) in [4.78, 5) is 62.7. The number of ether oxygens (including phenoxy) is 4. The first-order chi connectivity index (χ1) is 18.2. The van der Waals surface area contributed by atoms with Gasteiger partial charge >= 0.3 is 23.8 Å². The third kappa shape index (κ3) is 6.87. The minimum atomic E-state index is -2.32. The van der Waals surface area contributed by atoms with E-state index in [2.05, 4.69) is 0 Å². The first kappa shape index (κ1) is 27.3. The molecule has 0 saturated heterocycles. The Bertz CT molecular complexity index is 1320. The Hall–Kier alpha value is -5.33. The molecule has 0 unspecified atom stereocenters. The maximum atomic E-state index is 12.9. The van der Waals surface area contributed by atoms with Gasteiger partial charge in [-0.15, -0.1) is 0 Å². The number of carbonyl (C=O) groups excluding carboxylic acids is 4. The Morgan fingerprint density at radius 2 is 1.32 bits per heavy atom. The summed E-state index contributed by atoms with van der Waals surface area (Å²) < 4.78 is 25.2. The molecule has 3 aromatic rings. The Balaban J connectivity index is 1.87. The lowest BCUT2D eigenvalue weighted by molar-refractivity contribution is -0.159. The molecule has 2 aromatic carbocycles. The maximum Gasteiger partial charge on any atom is 0.349 e. The minimum absolute atomic E-state index is 0.0926. The molecule has 2 amide bonds. The van der Waals surface area contributed by atoms with Crippen molar-refractivity contribution in [2.24, 2.45) is 0 Å². The van der Waals surface area contributed by atoms with E-state index in [-0.39, 0.29) is 28.4 Å².